The van der Waals surface area contributed by atoms with Gasteiger partial charge in [-0.3, -0.25) is 9.69 Å². The van der Waals surface area contributed by atoms with Gasteiger partial charge in [0.1, 0.15) is 6.07 Å². The van der Waals surface area contributed by atoms with Crippen molar-refractivity contribution in [2.75, 3.05) is 20.2 Å². The molecule has 0 unspecified atom stereocenters. The third kappa shape index (κ3) is 5.09. The van der Waals surface area contributed by atoms with Gasteiger partial charge in [-0.2, -0.15) is 10.5 Å². The Morgan fingerprint density at radius 1 is 1.00 bits per heavy atom. The van der Waals surface area contributed by atoms with Gasteiger partial charge in [-0.1, -0.05) is 54.2 Å². The van der Waals surface area contributed by atoms with E-state index in [9.17, 15) is 15.3 Å². The highest BCUT2D eigenvalue weighted by molar-refractivity contribution is 7.99. The van der Waals surface area contributed by atoms with E-state index in [1.54, 1.807) is 17.8 Å². The molecular weight excluding hydrogens is 430 g/mol. The minimum atomic E-state index is -0.289. The van der Waals surface area contributed by atoms with Crippen LogP contribution in [0, 0.1) is 28.6 Å². The lowest BCUT2D eigenvalue weighted by Crippen LogP contribution is -2.24. The van der Waals surface area contributed by atoms with Gasteiger partial charge >= 0.3 is 5.97 Å². The Kier molecular flexibility index (Phi) is 7.10. The molecule has 1 heterocycles. The average Bonchev–Trinajstić information content (AvgIpc) is 3.29. The topological polar surface area (TPSA) is 77.1 Å². The lowest BCUT2D eigenvalue weighted by atomic mass is 9.88. The number of nitriles is 2. The number of hydrogen-bond donors (Lipinski definition) is 0. The zero-order valence-corrected chi connectivity index (χ0v) is 19.1. The molecule has 1 aliphatic heterocycles. The first-order valence-electron chi connectivity index (χ1n) is 10.7. The molecule has 3 aromatic rings. The lowest BCUT2D eigenvalue weighted by Gasteiger charge is -2.18. The van der Waals surface area contributed by atoms with E-state index in [1.807, 2.05) is 54.6 Å². The monoisotopic (exact) mass is 453 g/mol. The first-order valence-corrected chi connectivity index (χ1v) is 11.5. The molecule has 0 radical (unpaired) electrons. The van der Waals surface area contributed by atoms with Crippen LogP contribution in [-0.4, -0.2) is 31.1 Å². The van der Waals surface area contributed by atoms with Gasteiger partial charge in [-0.05, 0) is 41.5 Å². The Morgan fingerprint density at radius 3 is 2.52 bits per heavy atom. The van der Waals surface area contributed by atoms with Gasteiger partial charge in [0.25, 0.3) is 0 Å². The molecule has 0 N–H and O–H groups in total. The zero-order chi connectivity index (χ0) is 23.2. The van der Waals surface area contributed by atoms with Crippen molar-refractivity contribution in [3.05, 3.63) is 95.1 Å². The fourth-order valence-electron chi connectivity index (χ4n) is 4.32. The van der Waals surface area contributed by atoms with E-state index >= 15 is 0 Å². The minimum absolute atomic E-state index is 0.0371. The van der Waals surface area contributed by atoms with E-state index < -0.39 is 0 Å². The summed E-state index contributed by atoms with van der Waals surface area (Å²) in [5.41, 5.74) is 3.37. The second kappa shape index (κ2) is 10.4. The zero-order valence-electron chi connectivity index (χ0n) is 18.3. The van der Waals surface area contributed by atoms with Gasteiger partial charge in [-0.25, -0.2) is 0 Å². The predicted octanol–water partition coefficient (Wildman–Crippen LogP) is 4.97. The summed E-state index contributed by atoms with van der Waals surface area (Å²) in [5, 5.41) is 18.7. The van der Waals surface area contributed by atoms with Crippen LogP contribution in [0.2, 0.25) is 0 Å². The van der Waals surface area contributed by atoms with Crippen molar-refractivity contribution in [2.45, 2.75) is 22.3 Å². The maximum Gasteiger partial charge on any atom is 0.310 e. The Morgan fingerprint density at radius 2 is 1.76 bits per heavy atom. The number of methoxy groups -OCH3 is 1. The summed E-state index contributed by atoms with van der Waals surface area (Å²) in [6.07, 6.45) is 0. The number of esters is 1. The van der Waals surface area contributed by atoms with Crippen LogP contribution in [0.4, 0.5) is 0 Å². The van der Waals surface area contributed by atoms with Crippen LogP contribution < -0.4 is 0 Å². The smallest absolute Gasteiger partial charge is 0.310 e. The Hall–Kier alpha value is -3.58. The summed E-state index contributed by atoms with van der Waals surface area (Å²) < 4.78 is 5.10. The Bertz CT molecular complexity index is 1240. The quantitative estimate of drug-likeness (QED) is 0.491. The SMILES string of the molecule is COC(=O)[C@@H]1CN(Cc2ccccc2Sc2ccccc2C#N)C[C@H]1c1cccc(C#N)c1. The lowest BCUT2D eigenvalue weighted by molar-refractivity contribution is -0.145. The molecule has 2 atom stereocenters. The minimum Gasteiger partial charge on any atom is -0.469 e. The highest BCUT2D eigenvalue weighted by atomic mass is 32.2. The number of rotatable bonds is 6. The van der Waals surface area contributed by atoms with Crippen LogP contribution in [0.15, 0.2) is 82.6 Å². The largest absolute Gasteiger partial charge is 0.469 e. The van der Waals surface area contributed by atoms with Crippen molar-refractivity contribution in [2.24, 2.45) is 5.92 Å². The van der Waals surface area contributed by atoms with Crippen LogP contribution in [0.3, 0.4) is 0 Å². The highest BCUT2D eigenvalue weighted by Gasteiger charge is 2.39. The Balaban J connectivity index is 1.58. The third-order valence-electron chi connectivity index (χ3n) is 5.94. The molecule has 3 aromatic carbocycles. The van der Waals surface area contributed by atoms with Gasteiger partial charge in [0.2, 0.25) is 0 Å². The average molecular weight is 454 g/mol. The van der Waals surface area contributed by atoms with Crippen molar-refractivity contribution in [1.29, 1.82) is 10.5 Å². The molecule has 1 fully saturated rings. The number of ether oxygens (including phenoxy) is 1. The van der Waals surface area contributed by atoms with Crippen LogP contribution in [0.25, 0.3) is 0 Å². The fourth-order valence-corrected chi connectivity index (χ4v) is 5.34. The van der Waals surface area contributed by atoms with Gasteiger partial charge in [-0.15, -0.1) is 0 Å². The van der Waals surface area contributed by atoms with Crippen molar-refractivity contribution >= 4 is 17.7 Å². The molecule has 0 bridgehead atoms. The van der Waals surface area contributed by atoms with E-state index in [0.717, 1.165) is 20.9 Å². The molecule has 4 rings (SSSR count). The van der Waals surface area contributed by atoms with E-state index in [-0.39, 0.29) is 17.8 Å². The number of carbonyl (C=O) groups is 1. The van der Waals surface area contributed by atoms with Gasteiger partial charge < -0.3 is 4.74 Å². The third-order valence-corrected chi connectivity index (χ3v) is 7.13. The fraction of sp³-hybridized carbons (Fsp3) is 0.222. The molecule has 6 heteroatoms. The molecule has 33 heavy (non-hydrogen) atoms. The summed E-state index contributed by atoms with van der Waals surface area (Å²) in [4.78, 5) is 16.9. The highest BCUT2D eigenvalue weighted by Crippen LogP contribution is 2.37. The van der Waals surface area contributed by atoms with E-state index in [0.29, 0.717) is 30.8 Å². The molecule has 0 spiro atoms. The van der Waals surface area contributed by atoms with Crippen molar-refractivity contribution in [1.82, 2.24) is 4.90 Å². The molecule has 164 valence electrons. The first-order chi connectivity index (χ1) is 16.1. The summed E-state index contributed by atoms with van der Waals surface area (Å²) in [5.74, 6) is -0.552. The van der Waals surface area contributed by atoms with E-state index in [4.69, 9.17) is 4.74 Å². The summed E-state index contributed by atoms with van der Waals surface area (Å²) in [6, 6.07) is 27.7. The molecule has 0 aromatic heterocycles. The summed E-state index contributed by atoms with van der Waals surface area (Å²) in [7, 11) is 1.42. The van der Waals surface area contributed by atoms with Gasteiger partial charge in [0.15, 0.2) is 0 Å². The van der Waals surface area contributed by atoms with Crippen molar-refractivity contribution in [3.63, 3.8) is 0 Å². The number of benzene rings is 3. The summed E-state index contributed by atoms with van der Waals surface area (Å²) in [6.45, 7) is 1.96. The van der Waals surface area contributed by atoms with Gasteiger partial charge in [0, 0.05) is 35.3 Å². The van der Waals surface area contributed by atoms with Crippen molar-refractivity contribution < 1.29 is 9.53 Å². The summed E-state index contributed by atoms with van der Waals surface area (Å²) >= 11 is 1.59. The number of nitrogens with zero attached hydrogens (tertiary/aromatic N) is 3. The predicted molar refractivity (Wildman–Crippen MR) is 126 cm³/mol. The normalized spacial score (nSPS) is 17.8. The molecular formula is C27H23N3O2S. The molecule has 0 saturated carbocycles. The Labute approximate surface area is 198 Å². The second-order valence-corrected chi connectivity index (χ2v) is 9.07. The van der Waals surface area contributed by atoms with E-state index in [1.165, 1.54) is 7.11 Å². The van der Waals surface area contributed by atoms with Crippen LogP contribution in [0.5, 0.6) is 0 Å². The first kappa shape index (κ1) is 22.6. The van der Waals surface area contributed by atoms with Crippen LogP contribution in [-0.2, 0) is 16.1 Å². The molecule has 1 saturated heterocycles. The number of hydrogen-bond acceptors (Lipinski definition) is 6. The molecule has 1 aliphatic rings. The maximum absolute atomic E-state index is 12.6. The number of likely N-dealkylation sites (tertiary alicyclic amines) is 1. The molecule has 5 nitrogen and oxygen atoms in total. The van der Waals surface area contributed by atoms with Crippen molar-refractivity contribution in [3.8, 4) is 12.1 Å². The molecule has 0 amide bonds. The molecule has 0 aliphatic carbocycles. The van der Waals surface area contributed by atoms with Crippen LogP contribution >= 0.6 is 11.8 Å². The van der Waals surface area contributed by atoms with Gasteiger partial charge in [0.05, 0.1) is 30.2 Å². The van der Waals surface area contributed by atoms with Crippen LogP contribution in [0.1, 0.15) is 28.2 Å². The van der Waals surface area contributed by atoms with E-state index in [2.05, 4.69) is 29.2 Å². The number of carbonyl (C=O) groups excluding carboxylic acids is 1. The second-order valence-electron chi connectivity index (χ2n) is 7.99. The standard InChI is InChI=1S/C27H23N3O2S/c1-32-27(31)24-18-30(17-23(24)20-10-6-7-19(13-20)14-28)16-22-9-3-5-12-26(22)33-25-11-4-2-8-21(25)15-29/h2-13,23-24H,16-18H2,1H3/t23-,24+/m0/s1. The maximum atomic E-state index is 12.6.